The molecule has 2 heterocycles. The summed E-state index contributed by atoms with van der Waals surface area (Å²) in [5.41, 5.74) is 3.07. The Morgan fingerprint density at radius 3 is 2.39 bits per heavy atom. The molecule has 0 N–H and O–H groups in total. The molecule has 2 aliphatic rings. The lowest BCUT2D eigenvalue weighted by atomic mass is 10.1. The Kier molecular flexibility index (Phi) is 6.50. The summed E-state index contributed by atoms with van der Waals surface area (Å²) in [5.74, 6) is 0.772. The van der Waals surface area contributed by atoms with Gasteiger partial charge < -0.3 is 14.5 Å². The van der Waals surface area contributed by atoms with Crippen LogP contribution in [0, 0.1) is 0 Å². The second-order valence-corrected chi connectivity index (χ2v) is 7.75. The molecule has 0 radical (unpaired) electrons. The summed E-state index contributed by atoms with van der Waals surface area (Å²) in [5, 5.41) is 5.98. The minimum Gasteiger partial charge on any atom is -0.497 e. The fourth-order valence-electron chi connectivity index (χ4n) is 3.99. The molecule has 0 aliphatic carbocycles. The maximum atomic E-state index is 12.6. The van der Waals surface area contributed by atoms with Gasteiger partial charge in [-0.25, -0.2) is 5.01 Å². The Hall–Kier alpha value is -3.35. The first-order chi connectivity index (χ1) is 15.1. The zero-order valence-corrected chi connectivity index (χ0v) is 17.9. The van der Waals surface area contributed by atoms with Crippen LogP contribution in [0.4, 0.5) is 5.69 Å². The van der Waals surface area contributed by atoms with Crippen LogP contribution in [-0.4, -0.2) is 67.3 Å². The first-order valence-corrected chi connectivity index (χ1v) is 10.7. The van der Waals surface area contributed by atoms with Crippen LogP contribution in [0.5, 0.6) is 5.75 Å². The molecule has 1 saturated heterocycles. The second kappa shape index (κ2) is 9.64. The van der Waals surface area contributed by atoms with Gasteiger partial charge in [0.1, 0.15) is 5.75 Å². The molecule has 7 heteroatoms. The van der Waals surface area contributed by atoms with E-state index in [2.05, 4.69) is 16.1 Å². The smallest absolute Gasteiger partial charge is 0.243 e. The van der Waals surface area contributed by atoms with Crippen molar-refractivity contribution in [2.75, 3.05) is 44.7 Å². The Balaban J connectivity index is 1.24. The van der Waals surface area contributed by atoms with Gasteiger partial charge >= 0.3 is 0 Å². The lowest BCUT2D eigenvalue weighted by molar-refractivity contribution is -0.137. The van der Waals surface area contributed by atoms with E-state index in [1.165, 1.54) is 5.01 Å². The maximum Gasteiger partial charge on any atom is 0.243 e. The average Bonchev–Trinajstić information content (AvgIpc) is 3.33. The molecular formula is C24H28N4O3. The topological polar surface area (TPSA) is 65.5 Å². The number of amides is 2. The van der Waals surface area contributed by atoms with Crippen LogP contribution >= 0.6 is 0 Å². The molecule has 0 atom stereocenters. The van der Waals surface area contributed by atoms with Gasteiger partial charge in [0.25, 0.3) is 0 Å². The molecule has 0 unspecified atom stereocenters. The highest BCUT2D eigenvalue weighted by molar-refractivity contribution is 6.02. The normalized spacial score (nSPS) is 16.3. The zero-order valence-electron chi connectivity index (χ0n) is 17.9. The van der Waals surface area contributed by atoms with Crippen molar-refractivity contribution in [3.63, 3.8) is 0 Å². The van der Waals surface area contributed by atoms with Crippen molar-refractivity contribution in [2.24, 2.45) is 5.10 Å². The van der Waals surface area contributed by atoms with Crippen molar-refractivity contribution in [1.29, 1.82) is 0 Å². The third-order valence-corrected chi connectivity index (χ3v) is 5.80. The highest BCUT2D eigenvalue weighted by atomic mass is 16.5. The van der Waals surface area contributed by atoms with E-state index in [1.807, 2.05) is 53.4 Å². The molecule has 2 amide bonds. The summed E-state index contributed by atoms with van der Waals surface area (Å²) < 4.78 is 5.30. The summed E-state index contributed by atoms with van der Waals surface area (Å²) in [7, 11) is 1.66. The second-order valence-electron chi connectivity index (χ2n) is 7.75. The van der Waals surface area contributed by atoms with Crippen molar-refractivity contribution < 1.29 is 14.3 Å². The van der Waals surface area contributed by atoms with Crippen molar-refractivity contribution >= 4 is 23.2 Å². The van der Waals surface area contributed by atoms with Crippen molar-refractivity contribution in [2.45, 2.75) is 19.3 Å². The average molecular weight is 421 g/mol. The molecule has 2 aliphatic heterocycles. The maximum absolute atomic E-state index is 12.6. The van der Waals surface area contributed by atoms with E-state index in [9.17, 15) is 9.59 Å². The summed E-state index contributed by atoms with van der Waals surface area (Å²) in [6, 6.07) is 17.9. The third-order valence-electron chi connectivity index (χ3n) is 5.80. The first-order valence-electron chi connectivity index (χ1n) is 10.7. The SMILES string of the molecule is COc1cccc(N2CCN(C(=O)CCC(=O)N3CCC(c4ccccc4)=N3)CC2)c1. The number of anilines is 1. The van der Waals surface area contributed by atoms with Crippen LogP contribution in [0.25, 0.3) is 0 Å². The number of piperazine rings is 1. The number of rotatable bonds is 6. The van der Waals surface area contributed by atoms with Gasteiger partial charge in [0.05, 0.1) is 19.4 Å². The van der Waals surface area contributed by atoms with Gasteiger partial charge in [0, 0.05) is 57.2 Å². The molecular weight excluding hydrogens is 392 g/mol. The number of carbonyl (C=O) groups is 2. The van der Waals surface area contributed by atoms with Crippen LogP contribution in [0.15, 0.2) is 59.7 Å². The van der Waals surface area contributed by atoms with Gasteiger partial charge in [0.15, 0.2) is 0 Å². The zero-order chi connectivity index (χ0) is 21.6. The number of nitrogens with zero attached hydrogens (tertiary/aromatic N) is 4. The molecule has 0 aromatic heterocycles. The Bertz CT molecular complexity index is 952. The largest absolute Gasteiger partial charge is 0.497 e. The van der Waals surface area contributed by atoms with Crippen molar-refractivity contribution in [1.82, 2.24) is 9.91 Å². The number of methoxy groups -OCH3 is 1. The summed E-state index contributed by atoms with van der Waals surface area (Å²) in [4.78, 5) is 29.3. The number of carbonyl (C=O) groups excluding carboxylic acids is 2. The minimum atomic E-state index is -0.0886. The lowest BCUT2D eigenvalue weighted by Gasteiger charge is -2.36. The van der Waals surface area contributed by atoms with E-state index in [0.29, 0.717) is 19.6 Å². The van der Waals surface area contributed by atoms with Gasteiger partial charge in [-0.1, -0.05) is 36.4 Å². The quantitative estimate of drug-likeness (QED) is 0.721. The third kappa shape index (κ3) is 5.05. The summed E-state index contributed by atoms with van der Waals surface area (Å²) in [6.07, 6.45) is 1.17. The standard InChI is InChI=1S/C24H28N4O3/c1-31-21-9-5-8-20(18-21)26-14-16-27(17-15-26)23(29)10-11-24(30)28-13-12-22(25-28)19-6-3-2-4-7-19/h2-9,18H,10-17H2,1H3. The van der Waals surface area contributed by atoms with E-state index >= 15 is 0 Å². The van der Waals surface area contributed by atoms with E-state index in [1.54, 1.807) is 7.11 Å². The van der Waals surface area contributed by atoms with Gasteiger partial charge in [-0.05, 0) is 17.7 Å². The molecule has 2 aromatic rings. The molecule has 162 valence electrons. The number of benzene rings is 2. The highest BCUT2D eigenvalue weighted by Crippen LogP contribution is 2.22. The van der Waals surface area contributed by atoms with Crippen LogP contribution in [0.3, 0.4) is 0 Å². The number of hydrogen-bond donors (Lipinski definition) is 0. The molecule has 0 bridgehead atoms. The Morgan fingerprint density at radius 2 is 1.65 bits per heavy atom. The van der Waals surface area contributed by atoms with Gasteiger partial charge in [-0.2, -0.15) is 5.10 Å². The van der Waals surface area contributed by atoms with Gasteiger partial charge in [-0.3, -0.25) is 9.59 Å². The van der Waals surface area contributed by atoms with Crippen LogP contribution in [0.2, 0.25) is 0 Å². The fourth-order valence-corrected chi connectivity index (χ4v) is 3.99. The van der Waals surface area contributed by atoms with Gasteiger partial charge in [0.2, 0.25) is 11.8 Å². The first kappa shape index (κ1) is 20.9. The molecule has 2 aromatic carbocycles. The van der Waals surface area contributed by atoms with Crippen molar-refractivity contribution in [3.8, 4) is 5.75 Å². The minimum absolute atomic E-state index is 0.0325. The summed E-state index contributed by atoms with van der Waals surface area (Å²) in [6.45, 7) is 3.43. The molecule has 0 saturated carbocycles. The number of ether oxygens (including phenoxy) is 1. The number of hydrogen-bond acceptors (Lipinski definition) is 5. The van der Waals surface area contributed by atoms with E-state index in [-0.39, 0.29) is 24.7 Å². The van der Waals surface area contributed by atoms with E-state index in [0.717, 1.165) is 42.2 Å². The van der Waals surface area contributed by atoms with E-state index < -0.39 is 0 Å². The fraction of sp³-hybridized carbons (Fsp3) is 0.375. The summed E-state index contributed by atoms with van der Waals surface area (Å²) >= 11 is 0. The molecule has 4 rings (SSSR count). The lowest BCUT2D eigenvalue weighted by Crippen LogP contribution is -2.48. The van der Waals surface area contributed by atoms with Crippen LogP contribution < -0.4 is 9.64 Å². The van der Waals surface area contributed by atoms with E-state index in [4.69, 9.17) is 4.74 Å². The highest BCUT2D eigenvalue weighted by Gasteiger charge is 2.25. The molecule has 1 fully saturated rings. The molecule has 7 nitrogen and oxygen atoms in total. The molecule has 31 heavy (non-hydrogen) atoms. The Labute approximate surface area is 182 Å². The van der Waals surface area contributed by atoms with Crippen molar-refractivity contribution in [3.05, 3.63) is 60.2 Å². The monoisotopic (exact) mass is 420 g/mol. The molecule has 0 spiro atoms. The predicted octanol–water partition coefficient (Wildman–Crippen LogP) is 2.76. The number of hydrazone groups is 1. The van der Waals surface area contributed by atoms with Crippen LogP contribution in [0.1, 0.15) is 24.8 Å². The van der Waals surface area contributed by atoms with Gasteiger partial charge in [-0.15, -0.1) is 0 Å². The Morgan fingerprint density at radius 1 is 0.903 bits per heavy atom. The van der Waals surface area contributed by atoms with Crippen LogP contribution in [-0.2, 0) is 9.59 Å². The predicted molar refractivity (Wildman–Crippen MR) is 120 cm³/mol.